The molecular weight excluding hydrogens is 454 g/mol. The van der Waals surface area contributed by atoms with E-state index in [0.29, 0.717) is 30.1 Å². The number of amides is 1. The van der Waals surface area contributed by atoms with Crippen molar-refractivity contribution >= 4 is 29.5 Å². The highest BCUT2D eigenvalue weighted by Gasteiger charge is 2.25. The number of carbonyl (C=O) groups excluding carboxylic acids is 1. The van der Waals surface area contributed by atoms with E-state index in [4.69, 9.17) is 17.0 Å². The zero-order valence-corrected chi connectivity index (χ0v) is 20.8. The molecule has 1 aliphatic rings. The third-order valence-electron chi connectivity index (χ3n) is 6.29. The molecule has 176 valence electrons. The molecule has 0 saturated carbocycles. The van der Waals surface area contributed by atoms with Gasteiger partial charge in [-0.2, -0.15) is 5.10 Å². The maximum absolute atomic E-state index is 12.8. The number of piperidine rings is 1. The third kappa shape index (κ3) is 5.90. The van der Waals surface area contributed by atoms with Crippen molar-refractivity contribution in [1.82, 2.24) is 25.0 Å². The first-order chi connectivity index (χ1) is 16.0. The maximum atomic E-state index is 12.8. The molecule has 3 heterocycles. The predicted molar refractivity (Wildman–Crippen MR) is 134 cm³/mol. The standard InChI is InChI=1S/C24H31N5O2S2/c1-17-9-12-28(13-10-17)20(21-4-3-15-33-21)16-25-22(30)11-14-29-23(26-27-24(29)32)18-5-7-19(31-2)8-6-18/h3-8,15,17,20H,9-14,16H2,1-2H3,(H,25,30)(H,27,32). The summed E-state index contributed by atoms with van der Waals surface area (Å²) < 4.78 is 7.61. The highest BCUT2D eigenvalue weighted by atomic mass is 32.1. The van der Waals surface area contributed by atoms with E-state index in [1.54, 1.807) is 18.4 Å². The number of nitrogens with zero attached hydrogens (tertiary/aromatic N) is 3. The number of methoxy groups -OCH3 is 1. The van der Waals surface area contributed by atoms with Crippen LogP contribution >= 0.6 is 23.6 Å². The van der Waals surface area contributed by atoms with Gasteiger partial charge in [0.1, 0.15) is 5.75 Å². The van der Waals surface area contributed by atoms with E-state index >= 15 is 0 Å². The number of carbonyl (C=O) groups is 1. The van der Waals surface area contributed by atoms with E-state index in [1.165, 1.54) is 17.7 Å². The topological polar surface area (TPSA) is 75.2 Å². The molecule has 2 aromatic heterocycles. The zero-order valence-electron chi connectivity index (χ0n) is 19.1. The number of hydrogen-bond donors (Lipinski definition) is 2. The van der Waals surface area contributed by atoms with Gasteiger partial charge in [0.25, 0.3) is 0 Å². The number of rotatable bonds is 9. The first kappa shape index (κ1) is 23.7. The van der Waals surface area contributed by atoms with Gasteiger partial charge in [0.15, 0.2) is 10.6 Å². The molecule has 2 N–H and O–H groups in total. The van der Waals surface area contributed by atoms with Gasteiger partial charge >= 0.3 is 0 Å². The highest BCUT2D eigenvalue weighted by Crippen LogP contribution is 2.29. The molecule has 4 rings (SSSR count). The van der Waals surface area contributed by atoms with Crippen molar-refractivity contribution in [1.29, 1.82) is 0 Å². The van der Waals surface area contributed by atoms with Crippen molar-refractivity contribution in [2.24, 2.45) is 5.92 Å². The van der Waals surface area contributed by atoms with Gasteiger partial charge in [-0.25, -0.2) is 0 Å². The molecule has 1 aliphatic heterocycles. The lowest BCUT2D eigenvalue weighted by Gasteiger charge is -2.36. The SMILES string of the molecule is COc1ccc(-c2n[nH]c(=S)n2CCC(=O)NCC(c2cccs2)N2CCC(C)CC2)cc1. The Hall–Kier alpha value is -2.49. The molecule has 1 amide bonds. The maximum Gasteiger partial charge on any atom is 0.221 e. The van der Waals surface area contributed by atoms with Crippen LogP contribution in [0.3, 0.4) is 0 Å². The van der Waals surface area contributed by atoms with Crippen LogP contribution in [0.5, 0.6) is 5.75 Å². The zero-order chi connectivity index (χ0) is 23.2. The molecule has 1 fully saturated rings. The highest BCUT2D eigenvalue weighted by molar-refractivity contribution is 7.71. The summed E-state index contributed by atoms with van der Waals surface area (Å²) in [6, 6.07) is 12.1. The van der Waals surface area contributed by atoms with Crippen LogP contribution in [0.4, 0.5) is 0 Å². The molecule has 0 spiro atoms. The molecule has 0 aliphatic carbocycles. The number of benzene rings is 1. The fourth-order valence-corrected chi connectivity index (χ4v) is 5.31. The predicted octanol–water partition coefficient (Wildman–Crippen LogP) is 4.66. The van der Waals surface area contributed by atoms with Crippen LogP contribution in [0.2, 0.25) is 0 Å². The molecule has 0 bridgehead atoms. The van der Waals surface area contributed by atoms with Crippen LogP contribution in [0.25, 0.3) is 11.4 Å². The van der Waals surface area contributed by atoms with E-state index in [-0.39, 0.29) is 11.9 Å². The summed E-state index contributed by atoms with van der Waals surface area (Å²) in [7, 11) is 1.64. The number of aromatic nitrogens is 3. The second-order valence-electron chi connectivity index (χ2n) is 8.54. The fraction of sp³-hybridized carbons (Fsp3) is 0.458. The second kappa shape index (κ2) is 11.1. The Bertz CT molecular complexity index is 1080. The summed E-state index contributed by atoms with van der Waals surface area (Å²) in [6.45, 7) is 5.56. The van der Waals surface area contributed by atoms with Crippen molar-refractivity contribution in [3.05, 3.63) is 51.4 Å². The molecule has 1 saturated heterocycles. The van der Waals surface area contributed by atoms with Gasteiger partial charge in [-0.15, -0.1) is 11.3 Å². The van der Waals surface area contributed by atoms with Crippen molar-refractivity contribution in [2.75, 3.05) is 26.7 Å². The Morgan fingerprint density at radius 3 is 2.73 bits per heavy atom. The summed E-state index contributed by atoms with van der Waals surface area (Å²) in [6.07, 6.45) is 2.76. The first-order valence-corrected chi connectivity index (χ1v) is 12.7. The first-order valence-electron chi connectivity index (χ1n) is 11.4. The minimum atomic E-state index is 0.0192. The lowest BCUT2D eigenvalue weighted by molar-refractivity contribution is -0.121. The van der Waals surface area contributed by atoms with E-state index in [0.717, 1.165) is 30.3 Å². The van der Waals surface area contributed by atoms with E-state index in [2.05, 4.69) is 44.9 Å². The molecule has 0 radical (unpaired) electrons. The van der Waals surface area contributed by atoms with Crippen LogP contribution < -0.4 is 10.1 Å². The Balaban J connectivity index is 1.37. The number of hydrogen-bond acceptors (Lipinski definition) is 6. The van der Waals surface area contributed by atoms with Gasteiger partial charge in [0.2, 0.25) is 5.91 Å². The lowest BCUT2D eigenvalue weighted by Crippen LogP contribution is -2.41. The third-order valence-corrected chi connectivity index (χ3v) is 7.58. The van der Waals surface area contributed by atoms with Gasteiger partial charge in [0, 0.05) is 30.0 Å². The molecule has 33 heavy (non-hydrogen) atoms. The average molecular weight is 486 g/mol. The summed E-state index contributed by atoms with van der Waals surface area (Å²) in [5.74, 6) is 2.29. The van der Waals surface area contributed by atoms with Crippen LogP contribution in [0, 0.1) is 10.7 Å². The molecule has 1 atom stereocenters. The molecule has 1 aromatic carbocycles. The summed E-state index contributed by atoms with van der Waals surface area (Å²) in [5.41, 5.74) is 0.917. The molecular formula is C24H31N5O2S2. The van der Waals surface area contributed by atoms with Gasteiger partial charge < -0.3 is 10.1 Å². The minimum absolute atomic E-state index is 0.0192. The van der Waals surface area contributed by atoms with E-state index < -0.39 is 0 Å². The van der Waals surface area contributed by atoms with Crippen molar-refractivity contribution in [3.63, 3.8) is 0 Å². The lowest BCUT2D eigenvalue weighted by atomic mass is 9.97. The quantitative estimate of drug-likeness (QED) is 0.431. The van der Waals surface area contributed by atoms with Crippen LogP contribution in [0.1, 0.15) is 37.1 Å². The molecule has 1 unspecified atom stereocenters. The van der Waals surface area contributed by atoms with Gasteiger partial charge in [-0.1, -0.05) is 13.0 Å². The van der Waals surface area contributed by atoms with Gasteiger partial charge in [-0.05, 0) is 79.8 Å². The van der Waals surface area contributed by atoms with Gasteiger partial charge in [0.05, 0.1) is 13.2 Å². The van der Waals surface area contributed by atoms with Crippen LogP contribution in [-0.4, -0.2) is 52.3 Å². The average Bonchev–Trinajstić information content (AvgIpc) is 3.49. The normalized spacial score (nSPS) is 15.9. The summed E-state index contributed by atoms with van der Waals surface area (Å²) in [5, 5.41) is 12.5. The number of ether oxygens (including phenoxy) is 1. The molecule has 9 heteroatoms. The van der Waals surface area contributed by atoms with Gasteiger partial charge in [-0.3, -0.25) is 19.4 Å². The number of H-pyrrole nitrogens is 1. The number of thiophene rings is 1. The molecule has 7 nitrogen and oxygen atoms in total. The van der Waals surface area contributed by atoms with E-state index in [1.807, 2.05) is 28.8 Å². The summed E-state index contributed by atoms with van der Waals surface area (Å²) >= 11 is 7.17. The molecule has 3 aromatic rings. The Morgan fingerprint density at radius 2 is 2.06 bits per heavy atom. The van der Waals surface area contributed by atoms with Crippen molar-refractivity contribution in [3.8, 4) is 17.1 Å². The number of nitrogens with one attached hydrogen (secondary N) is 2. The van der Waals surface area contributed by atoms with Crippen LogP contribution in [0.15, 0.2) is 41.8 Å². The Morgan fingerprint density at radius 1 is 1.30 bits per heavy atom. The van der Waals surface area contributed by atoms with E-state index in [9.17, 15) is 4.79 Å². The minimum Gasteiger partial charge on any atom is -0.497 e. The monoisotopic (exact) mass is 485 g/mol. The van der Waals surface area contributed by atoms with Crippen molar-refractivity contribution < 1.29 is 9.53 Å². The number of aromatic amines is 1. The van der Waals surface area contributed by atoms with Crippen LogP contribution in [-0.2, 0) is 11.3 Å². The summed E-state index contributed by atoms with van der Waals surface area (Å²) in [4.78, 5) is 16.6. The fourth-order valence-electron chi connectivity index (χ4n) is 4.23. The van der Waals surface area contributed by atoms with Crippen molar-refractivity contribution in [2.45, 2.75) is 38.8 Å². The number of likely N-dealkylation sites (tertiary alicyclic amines) is 1. The Labute approximate surface area is 203 Å². The Kier molecular flexibility index (Phi) is 7.95. The smallest absolute Gasteiger partial charge is 0.221 e. The second-order valence-corrected chi connectivity index (χ2v) is 9.90. The largest absolute Gasteiger partial charge is 0.497 e.